The van der Waals surface area contributed by atoms with Gasteiger partial charge in [0, 0.05) is 25.7 Å². The van der Waals surface area contributed by atoms with Gasteiger partial charge in [-0.15, -0.1) is 0 Å². The second-order valence-corrected chi connectivity index (χ2v) is 7.19. The van der Waals surface area contributed by atoms with Crippen molar-refractivity contribution in [3.63, 3.8) is 0 Å². The van der Waals surface area contributed by atoms with Crippen molar-refractivity contribution in [3.05, 3.63) is 65.5 Å². The molecule has 0 aliphatic carbocycles. The summed E-state index contributed by atoms with van der Waals surface area (Å²) >= 11 is 0. The van der Waals surface area contributed by atoms with Crippen molar-refractivity contribution in [2.45, 2.75) is 38.9 Å². The highest BCUT2D eigenvalue weighted by Gasteiger charge is 2.20. The number of rotatable bonds is 6. The van der Waals surface area contributed by atoms with Gasteiger partial charge in [0.2, 0.25) is 0 Å². The van der Waals surface area contributed by atoms with Crippen LogP contribution < -0.4 is 10.6 Å². The van der Waals surface area contributed by atoms with Gasteiger partial charge in [-0.2, -0.15) is 0 Å². The van der Waals surface area contributed by atoms with E-state index in [1.165, 1.54) is 17.7 Å². The fraction of sp³-hybridized carbons (Fsp3) is 0.409. The number of nitrogens with one attached hydrogen (secondary N) is 2. The average molecular weight is 384 g/mol. The zero-order valence-electron chi connectivity index (χ0n) is 16.4. The third-order valence-corrected chi connectivity index (χ3v) is 4.87. The first kappa shape index (κ1) is 20.1. The Bertz CT molecular complexity index is 781. The predicted octanol–water partition coefficient (Wildman–Crippen LogP) is 3.25. The quantitative estimate of drug-likeness (QED) is 0.529. The summed E-state index contributed by atoms with van der Waals surface area (Å²) in [5.74, 6) is -0.212. The van der Waals surface area contributed by atoms with E-state index in [9.17, 15) is 9.50 Å². The van der Waals surface area contributed by atoms with Gasteiger partial charge in [0.25, 0.3) is 0 Å². The third-order valence-electron chi connectivity index (χ3n) is 4.87. The maximum atomic E-state index is 13.5. The number of guanidine groups is 1. The third kappa shape index (κ3) is 5.96. The molecule has 0 radical (unpaired) electrons. The molecule has 0 amide bonds. The monoisotopic (exact) mass is 384 g/mol. The van der Waals surface area contributed by atoms with Gasteiger partial charge in [-0.05, 0) is 49.6 Å². The maximum absolute atomic E-state index is 13.5. The molecule has 1 atom stereocenters. The van der Waals surface area contributed by atoms with Crippen LogP contribution in [-0.4, -0.2) is 41.6 Å². The van der Waals surface area contributed by atoms with E-state index in [4.69, 9.17) is 0 Å². The number of piperidine rings is 1. The van der Waals surface area contributed by atoms with E-state index in [0.717, 1.165) is 50.5 Å². The van der Waals surface area contributed by atoms with Crippen LogP contribution in [-0.2, 0) is 13.1 Å². The van der Waals surface area contributed by atoms with E-state index < -0.39 is 5.82 Å². The molecule has 5 nitrogen and oxygen atoms in total. The number of phenols is 1. The second-order valence-electron chi connectivity index (χ2n) is 7.19. The lowest BCUT2D eigenvalue weighted by Crippen LogP contribution is -2.50. The molecule has 1 saturated heterocycles. The summed E-state index contributed by atoms with van der Waals surface area (Å²) in [6.07, 6.45) is 2.25. The Kier molecular flexibility index (Phi) is 7.25. The molecule has 1 aliphatic rings. The smallest absolute Gasteiger partial charge is 0.191 e. The molecule has 1 fully saturated rings. The number of aromatic hydroxyl groups is 1. The Balaban J connectivity index is 1.58. The van der Waals surface area contributed by atoms with E-state index in [2.05, 4.69) is 44.8 Å². The lowest BCUT2D eigenvalue weighted by atomic mass is 10.0. The molecule has 0 spiro atoms. The fourth-order valence-electron chi connectivity index (χ4n) is 3.49. The first-order valence-electron chi connectivity index (χ1n) is 9.92. The normalized spacial score (nSPS) is 18.1. The molecule has 0 saturated carbocycles. The Morgan fingerprint density at radius 3 is 2.79 bits per heavy atom. The maximum Gasteiger partial charge on any atom is 0.191 e. The van der Waals surface area contributed by atoms with E-state index in [1.807, 2.05) is 13.0 Å². The second kappa shape index (κ2) is 10.1. The highest BCUT2D eigenvalue weighted by atomic mass is 19.1. The van der Waals surface area contributed by atoms with Crippen LogP contribution in [0.2, 0.25) is 0 Å². The SMILES string of the molecule is CCNC(=NCc1ccc(O)c(F)c1)NC1CCCN(Cc2ccccc2)C1. The minimum atomic E-state index is -0.616. The van der Waals surface area contributed by atoms with Crippen molar-refractivity contribution in [2.75, 3.05) is 19.6 Å². The van der Waals surface area contributed by atoms with Gasteiger partial charge in [0.05, 0.1) is 6.54 Å². The number of nitrogens with zero attached hydrogens (tertiary/aromatic N) is 2. The first-order valence-corrected chi connectivity index (χ1v) is 9.92. The Hall–Kier alpha value is -2.60. The Labute approximate surface area is 166 Å². The molecule has 2 aromatic rings. The van der Waals surface area contributed by atoms with Gasteiger partial charge in [-0.25, -0.2) is 9.38 Å². The van der Waals surface area contributed by atoms with Gasteiger partial charge in [-0.3, -0.25) is 4.90 Å². The first-order chi connectivity index (χ1) is 13.6. The number of likely N-dealkylation sites (tertiary alicyclic amines) is 1. The Morgan fingerprint density at radius 2 is 2.04 bits per heavy atom. The molecular formula is C22H29FN4O. The summed E-state index contributed by atoms with van der Waals surface area (Å²) in [5.41, 5.74) is 2.06. The summed E-state index contributed by atoms with van der Waals surface area (Å²) in [7, 11) is 0. The molecule has 1 heterocycles. The minimum Gasteiger partial charge on any atom is -0.505 e. The summed E-state index contributed by atoms with van der Waals surface area (Å²) in [6.45, 7) is 6.17. The molecule has 0 bridgehead atoms. The Morgan fingerprint density at radius 1 is 1.21 bits per heavy atom. The molecule has 6 heteroatoms. The molecule has 150 valence electrons. The van der Waals surface area contributed by atoms with Crippen LogP contribution in [0.1, 0.15) is 30.9 Å². The number of hydrogen-bond acceptors (Lipinski definition) is 3. The van der Waals surface area contributed by atoms with E-state index >= 15 is 0 Å². The van der Waals surface area contributed by atoms with Crippen molar-refractivity contribution in [3.8, 4) is 5.75 Å². The predicted molar refractivity (Wildman–Crippen MR) is 111 cm³/mol. The molecule has 1 aliphatic heterocycles. The van der Waals surface area contributed by atoms with Gasteiger partial charge in [0.15, 0.2) is 17.5 Å². The molecule has 0 aromatic heterocycles. The zero-order chi connectivity index (χ0) is 19.8. The van der Waals surface area contributed by atoms with Crippen LogP contribution >= 0.6 is 0 Å². The van der Waals surface area contributed by atoms with E-state index in [0.29, 0.717) is 12.6 Å². The lowest BCUT2D eigenvalue weighted by molar-refractivity contribution is 0.192. The highest BCUT2D eigenvalue weighted by molar-refractivity contribution is 5.80. The van der Waals surface area contributed by atoms with Gasteiger partial charge < -0.3 is 15.7 Å². The lowest BCUT2D eigenvalue weighted by Gasteiger charge is -2.34. The summed E-state index contributed by atoms with van der Waals surface area (Å²) < 4.78 is 13.5. The number of benzene rings is 2. The highest BCUT2D eigenvalue weighted by Crippen LogP contribution is 2.17. The van der Waals surface area contributed by atoms with Crippen molar-refractivity contribution in [1.29, 1.82) is 0 Å². The van der Waals surface area contributed by atoms with Crippen LogP contribution in [0.25, 0.3) is 0 Å². The summed E-state index contributed by atoms with van der Waals surface area (Å²) in [4.78, 5) is 7.05. The van der Waals surface area contributed by atoms with Gasteiger partial charge >= 0.3 is 0 Å². The van der Waals surface area contributed by atoms with Crippen LogP contribution in [0, 0.1) is 5.82 Å². The molecule has 3 N–H and O–H groups in total. The van der Waals surface area contributed by atoms with Crippen molar-refractivity contribution < 1.29 is 9.50 Å². The number of aliphatic imine (C=N–C) groups is 1. The van der Waals surface area contributed by atoms with Gasteiger partial charge in [0.1, 0.15) is 0 Å². The molecule has 3 rings (SSSR count). The average Bonchev–Trinajstić information content (AvgIpc) is 2.70. The summed E-state index contributed by atoms with van der Waals surface area (Å²) in [6, 6.07) is 15.2. The van der Waals surface area contributed by atoms with E-state index in [-0.39, 0.29) is 5.75 Å². The van der Waals surface area contributed by atoms with E-state index in [1.54, 1.807) is 6.07 Å². The van der Waals surface area contributed by atoms with Gasteiger partial charge in [-0.1, -0.05) is 36.4 Å². The standard InChI is InChI=1S/C22H29FN4O/c1-2-24-22(25-14-18-10-11-21(28)20(23)13-18)26-19-9-6-12-27(16-19)15-17-7-4-3-5-8-17/h3-5,7-8,10-11,13,19,28H,2,6,9,12,14-16H2,1H3,(H2,24,25,26). The van der Waals surface area contributed by atoms with Crippen LogP contribution in [0.3, 0.4) is 0 Å². The molecule has 1 unspecified atom stereocenters. The fourth-order valence-corrected chi connectivity index (χ4v) is 3.49. The van der Waals surface area contributed by atoms with Crippen LogP contribution in [0.4, 0.5) is 4.39 Å². The minimum absolute atomic E-state index is 0.326. The number of phenolic OH excluding ortho intramolecular Hbond substituents is 1. The van der Waals surface area contributed by atoms with Crippen LogP contribution in [0.15, 0.2) is 53.5 Å². The van der Waals surface area contributed by atoms with Crippen molar-refractivity contribution >= 4 is 5.96 Å². The largest absolute Gasteiger partial charge is 0.505 e. The number of hydrogen-bond donors (Lipinski definition) is 3. The molecule has 28 heavy (non-hydrogen) atoms. The topological polar surface area (TPSA) is 59.9 Å². The van der Waals surface area contributed by atoms with Crippen molar-refractivity contribution in [1.82, 2.24) is 15.5 Å². The number of halogens is 1. The molecule has 2 aromatic carbocycles. The van der Waals surface area contributed by atoms with Crippen LogP contribution in [0.5, 0.6) is 5.75 Å². The zero-order valence-corrected chi connectivity index (χ0v) is 16.4. The molecular weight excluding hydrogens is 355 g/mol. The van der Waals surface area contributed by atoms with Crippen molar-refractivity contribution in [2.24, 2.45) is 4.99 Å². The summed E-state index contributed by atoms with van der Waals surface area (Å²) in [5, 5.41) is 16.1.